The molecule has 1 saturated heterocycles. The first-order chi connectivity index (χ1) is 19.5. The number of amidine groups is 1. The molecule has 0 spiro atoms. The number of halogens is 4. The van der Waals surface area contributed by atoms with Crippen LogP contribution < -0.4 is 15.4 Å². The molecule has 5 rings (SSSR count). The van der Waals surface area contributed by atoms with Crippen molar-refractivity contribution in [3.63, 3.8) is 0 Å². The molecule has 3 aromatic rings. The van der Waals surface area contributed by atoms with Gasteiger partial charge in [0.05, 0.1) is 10.6 Å². The van der Waals surface area contributed by atoms with Crippen LogP contribution >= 0.6 is 11.6 Å². The lowest BCUT2D eigenvalue weighted by Gasteiger charge is -2.30. The molecule has 11 heteroatoms. The Morgan fingerprint density at radius 3 is 2.56 bits per heavy atom. The van der Waals surface area contributed by atoms with Crippen LogP contribution in [0.2, 0.25) is 5.02 Å². The number of nitrogens with zero attached hydrogens (tertiary/aromatic N) is 2. The highest BCUT2D eigenvalue weighted by Crippen LogP contribution is 2.37. The Morgan fingerprint density at radius 2 is 1.80 bits per heavy atom. The highest BCUT2D eigenvalue weighted by Gasteiger charge is 2.34. The van der Waals surface area contributed by atoms with Crippen molar-refractivity contribution >= 4 is 29.0 Å². The largest absolute Gasteiger partial charge is 0.457 e. The van der Waals surface area contributed by atoms with E-state index in [2.05, 4.69) is 27.6 Å². The van der Waals surface area contributed by atoms with Gasteiger partial charge in [-0.1, -0.05) is 17.7 Å². The second-order valence-electron chi connectivity index (χ2n) is 10.6. The summed E-state index contributed by atoms with van der Waals surface area (Å²) in [4.78, 5) is 19.6. The minimum atomic E-state index is -4.61. The van der Waals surface area contributed by atoms with Crippen LogP contribution in [0.5, 0.6) is 11.5 Å². The van der Waals surface area contributed by atoms with Crippen LogP contribution in [0.3, 0.4) is 0 Å². The predicted molar refractivity (Wildman–Crippen MR) is 152 cm³/mol. The minimum Gasteiger partial charge on any atom is -0.457 e. The Morgan fingerprint density at radius 1 is 1.05 bits per heavy atom. The molecule has 1 unspecified atom stereocenters. The van der Waals surface area contributed by atoms with Gasteiger partial charge in [-0.15, -0.1) is 0 Å². The van der Waals surface area contributed by atoms with E-state index in [1.807, 2.05) is 18.2 Å². The van der Waals surface area contributed by atoms with Gasteiger partial charge in [-0.25, -0.2) is 0 Å². The van der Waals surface area contributed by atoms with Crippen LogP contribution in [-0.4, -0.2) is 47.8 Å². The third-order valence-corrected chi connectivity index (χ3v) is 7.94. The van der Waals surface area contributed by atoms with E-state index in [0.717, 1.165) is 49.2 Å². The van der Waals surface area contributed by atoms with Crippen molar-refractivity contribution in [2.75, 3.05) is 25.5 Å². The smallest absolute Gasteiger partial charge is 0.417 e. The number of nitrogens with one attached hydrogen (secondary N) is 3. The standard InChI is InChI=1S/C30H31ClF3N5O2/c1-39-12-9-21(10-13-39)37-28(35)27-17-24(8-11-36-27)41-23-6-4-18-2-3-19(14-20(18)15-23)29(40)38-22-5-7-26(31)25(16-22)30(32,33)34/h4-8,11,15-17,19,21H,2-3,9-10,12-14H2,1H3,(H2,35,37)(H,38,40). The maximum atomic E-state index is 13.2. The predicted octanol–water partition coefficient (Wildman–Crippen LogP) is 6.30. The summed E-state index contributed by atoms with van der Waals surface area (Å²) >= 11 is 5.70. The highest BCUT2D eigenvalue weighted by molar-refractivity contribution is 6.31. The molecule has 0 bridgehead atoms. The molecule has 1 fully saturated rings. The first kappa shape index (κ1) is 28.9. The van der Waals surface area contributed by atoms with Gasteiger partial charge in [0, 0.05) is 29.9 Å². The molecular formula is C30H31ClF3N5O2. The van der Waals surface area contributed by atoms with Crippen molar-refractivity contribution in [2.45, 2.75) is 44.3 Å². The number of ether oxygens (including phenoxy) is 1. The summed E-state index contributed by atoms with van der Waals surface area (Å²) in [5.74, 6) is 0.642. The van der Waals surface area contributed by atoms with E-state index >= 15 is 0 Å². The summed E-state index contributed by atoms with van der Waals surface area (Å²) in [6.07, 6.45) is 0.617. The van der Waals surface area contributed by atoms with Gasteiger partial charge in [0.2, 0.25) is 5.91 Å². The number of hydrogen-bond donors (Lipinski definition) is 3. The van der Waals surface area contributed by atoms with Gasteiger partial charge < -0.3 is 20.3 Å². The second kappa shape index (κ2) is 12.1. The number of pyridine rings is 1. The molecular weight excluding hydrogens is 555 g/mol. The van der Waals surface area contributed by atoms with Gasteiger partial charge in [-0.2, -0.15) is 13.2 Å². The fourth-order valence-corrected chi connectivity index (χ4v) is 5.49. The number of benzene rings is 2. The van der Waals surface area contributed by atoms with Gasteiger partial charge in [0.25, 0.3) is 0 Å². The first-order valence-corrected chi connectivity index (χ1v) is 13.9. The number of rotatable bonds is 6. The fourth-order valence-electron chi connectivity index (χ4n) is 5.26. The molecule has 1 amide bonds. The number of likely N-dealkylation sites (tertiary alicyclic amines) is 1. The van der Waals surface area contributed by atoms with E-state index in [1.54, 1.807) is 18.3 Å². The number of amides is 1. The Kier molecular flexibility index (Phi) is 8.51. The fraction of sp³-hybridized carbons (Fsp3) is 0.367. The number of carbonyl (C=O) groups is 1. The highest BCUT2D eigenvalue weighted by atomic mass is 35.5. The average molecular weight is 586 g/mol. The van der Waals surface area contributed by atoms with Crippen molar-refractivity contribution in [3.05, 3.63) is 82.1 Å². The van der Waals surface area contributed by atoms with Crippen LogP contribution in [0.4, 0.5) is 18.9 Å². The molecule has 41 heavy (non-hydrogen) atoms. The summed E-state index contributed by atoms with van der Waals surface area (Å²) in [5, 5.41) is 13.9. The Bertz CT molecular complexity index is 1440. The molecule has 2 aromatic carbocycles. The quantitative estimate of drug-likeness (QED) is 0.233. The number of aromatic nitrogens is 1. The van der Waals surface area contributed by atoms with Crippen LogP contribution in [-0.2, 0) is 23.8 Å². The number of fused-ring (bicyclic) bond motifs is 1. The number of aryl methyl sites for hydroxylation is 1. The van der Waals surface area contributed by atoms with Gasteiger partial charge >= 0.3 is 6.18 Å². The summed E-state index contributed by atoms with van der Waals surface area (Å²) in [6, 6.07) is 12.8. The maximum Gasteiger partial charge on any atom is 0.417 e. The molecule has 0 radical (unpaired) electrons. The third-order valence-electron chi connectivity index (χ3n) is 7.61. The van der Waals surface area contributed by atoms with Crippen LogP contribution in [0, 0.1) is 11.3 Å². The van der Waals surface area contributed by atoms with E-state index in [9.17, 15) is 18.0 Å². The Labute approximate surface area is 241 Å². The van der Waals surface area contributed by atoms with Gasteiger partial charge in [-0.05, 0) is 99.8 Å². The number of hydrogen-bond acceptors (Lipinski definition) is 5. The molecule has 2 heterocycles. The van der Waals surface area contributed by atoms with Crippen molar-refractivity contribution in [2.24, 2.45) is 5.92 Å². The summed E-state index contributed by atoms with van der Waals surface area (Å²) < 4.78 is 45.8. The normalized spacial score (nSPS) is 17.9. The molecule has 7 nitrogen and oxygen atoms in total. The lowest BCUT2D eigenvalue weighted by atomic mass is 9.83. The van der Waals surface area contributed by atoms with Crippen LogP contribution in [0.15, 0.2) is 54.7 Å². The number of anilines is 1. The van der Waals surface area contributed by atoms with E-state index in [1.165, 1.54) is 6.07 Å². The maximum absolute atomic E-state index is 13.2. The Balaban J connectivity index is 1.23. The zero-order chi connectivity index (χ0) is 29.1. The summed E-state index contributed by atoms with van der Waals surface area (Å²) in [7, 11) is 2.09. The molecule has 1 aromatic heterocycles. The van der Waals surface area contributed by atoms with E-state index in [-0.39, 0.29) is 23.5 Å². The topological polar surface area (TPSA) is 90.3 Å². The minimum absolute atomic E-state index is 0.0546. The monoisotopic (exact) mass is 585 g/mol. The average Bonchev–Trinajstić information content (AvgIpc) is 2.94. The molecule has 0 saturated carbocycles. The summed E-state index contributed by atoms with van der Waals surface area (Å²) in [5.41, 5.74) is 1.62. The van der Waals surface area contributed by atoms with Gasteiger partial charge in [-0.3, -0.25) is 15.2 Å². The SMILES string of the molecule is CN1CCC(NC(=N)c2cc(Oc3ccc4c(c3)CC(C(=O)Nc3ccc(Cl)c(C(F)(F)F)c3)CC4)ccn2)CC1. The number of alkyl halides is 3. The van der Waals surface area contributed by atoms with Gasteiger partial charge in [0.15, 0.2) is 0 Å². The second-order valence-corrected chi connectivity index (χ2v) is 11.0. The first-order valence-electron chi connectivity index (χ1n) is 13.5. The third kappa shape index (κ3) is 7.18. The van der Waals surface area contributed by atoms with Crippen molar-refractivity contribution in [1.29, 1.82) is 5.41 Å². The lowest BCUT2D eigenvalue weighted by molar-refractivity contribution is -0.137. The Hall–Kier alpha value is -3.63. The zero-order valence-electron chi connectivity index (χ0n) is 22.5. The number of carbonyl (C=O) groups excluding carboxylic acids is 1. The summed E-state index contributed by atoms with van der Waals surface area (Å²) in [6.45, 7) is 1.98. The lowest BCUT2D eigenvalue weighted by Crippen LogP contribution is -2.43. The molecule has 2 aliphatic rings. The van der Waals surface area contributed by atoms with E-state index < -0.39 is 22.7 Å². The molecule has 3 N–H and O–H groups in total. The van der Waals surface area contributed by atoms with Crippen molar-refractivity contribution < 1.29 is 22.7 Å². The van der Waals surface area contributed by atoms with E-state index in [0.29, 0.717) is 36.5 Å². The molecule has 216 valence electrons. The molecule has 1 aliphatic heterocycles. The van der Waals surface area contributed by atoms with Crippen molar-refractivity contribution in [3.8, 4) is 11.5 Å². The van der Waals surface area contributed by atoms with E-state index in [4.69, 9.17) is 21.7 Å². The van der Waals surface area contributed by atoms with Crippen LogP contribution in [0.25, 0.3) is 0 Å². The molecule has 1 aliphatic carbocycles. The van der Waals surface area contributed by atoms with Crippen molar-refractivity contribution in [1.82, 2.24) is 15.2 Å². The van der Waals surface area contributed by atoms with Gasteiger partial charge in [0.1, 0.15) is 23.0 Å². The number of piperidine rings is 1. The zero-order valence-corrected chi connectivity index (χ0v) is 23.3. The molecule has 1 atom stereocenters. The van der Waals surface area contributed by atoms with Crippen LogP contribution in [0.1, 0.15) is 41.6 Å².